The van der Waals surface area contributed by atoms with Crippen molar-refractivity contribution in [2.24, 2.45) is 11.1 Å². The second-order valence-electron chi connectivity index (χ2n) is 7.55. The van der Waals surface area contributed by atoms with E-state index in [1.54, 1.807) is 0 Å². The highest BCUT2D eigenvalue weighted by molar-refractivity contribution is 5.88. The van der Waals surface area contributed by atoms with Gasteiger partial charge in [-0.15, -0.1) is 12.4 Å². The summed E-state index contributed by atoms with van der Waals surface area (Å²) in [5.41, 5.74) is 6.01. The average Bonchev–Trinajstić information content (AvgIpc) is 2.67. The van der Waals surface area contributed by atoms with Crippen LogP contribution in [0.3, 0.4) is 0 Å². The van der Waals surface area contributed by atoms with E-state index in [0.717, 1.165) is 17.1 Å². The van der Waals surface area contributed by atoms with Gasteiger partial charge >= 0.3 is 0 Å². The molecule has 0 saturated heterocycles. The van der Waals surface area contributed by atoms with E-state index in [1.807, 2.05) is 75.4 Å². The molecule has 6 heteroatoms. The molecule has 0 bridgehead atoms. The molecule has 2 aromatic rings. The van der Waals surface area contributed by atoms with Crippen molar-refractivity contribution >= 4 is 18.3 Å². The number of nitrogens with one attached hydrogen (secondary N) is 1. The Labute approximate surface area is 173 Å². The minimum Gasteiger partial charge on any atom is -0.457 e. The predicted octanol–water partition coefficient (Wildman–Crippen LogP) is 4.05. The predicted molar refractivity (Wildman–Crippen MR) is 113 cm³/mol. The summed E-state index contributed by atoms with van der Waals surface area (Å²) in [6.45, 7) is 6.91. The molecule has 1 aliphatic carbocycles. The summed E-state index contributed by atoms with van der Waals surface area (Å²) in [6.07, 6.45) is 0.536. The summed E-state index contributed by atoms with van der Waals surface area (Å²) in [5.74, 6) is 1.32. The van der Waals surface area contributed by atoms with Crippen LogP contribution in [0.4, 0.5) is 0 Å². The Morgan fingerprint density at radius 1 is 1.14 bits per heavy atom. The molecule has 5 nitrogen and oxygen atoms in total. The van der Waals surface area contributed by atoms with E-state index in [0.29, 0.717) is 19.6 Å². The number of ether oxygens (including phenoxy) is 2. The number of para-hydroxylation sites is 2. The van der Waals surface area contributed by atoms with Crippen LogP contribution in [-0.4, -0.2) is 24.2 Å². The van der Waals surface area contributed by atoms with Gasteiger partial charge in [-0.3, -0.25) is 4.79 Å². The maximum absolute atomic E-state index is 12.8. The zero-order valence-corrected chi connectivity index (χ0v) is 17.4. The van der Waals surface area contributed by atoms with Gasteiger partial charge in [0.2, 0.25) is 5.91 Å². The van der Waals surface area contributed by atoms with Crippen LogP contribution in [0, 0.1) is 5.41 Å². The van der Waals surface area contributed by atoms with Crippen molar-refractivity contribution in [1.29, 1.82) is 0 Å². The Morgan fingerprint density at radius 3 is 2.43 bits per heavy atom. The Kier molecular flexibility index (Phi) is 7.10. The van der Waals surface area contributed by atoms with Crippen LogP contribution in [0.5, 0.6) is 11.5 Å². The first-order valence-electron chi connectivity index (χ1n) is 9.38. The number of hydrogen-bond acceptors (Lipinski definition) is 4. The summed E-state index contributed by atoms with van der Waals surface area (Å²) in [4.78, 5) is 12.8. The summed E-state index contributed by atoms with van der Waals surface area (Å²) in [6, 6.07) is 17.3. The molecule has 3 N–H and O–H groups in total. The summed E-state index contributed by atoms with van der Waals surface area (Å²) >= 11 is 0. The lowest BCUT2D eigenvalue weighted by Gasteiger charge is -2.57. The molecule has 2 unspecified atom stereocenters. The molecule has 1 saturated carbocycles. The van der Waals surface area contributed by atoms with Gasteiger partial charge in [-0.25, -0.2) is 0 Å². The second kappa shape index (κ2) is 8.95. The fourth-order valence-electron chi connectivity index (χ4n) is 3.52. The van der Waals surface area contributed by atoms with E-state index in [9.17, 15) is 4.79 Å². The second-order valence-corrected chi connectivity index (χ2v) is 7.55. The normalized spacial score (nSPS) is 22.5. The SMILES string of the molecule is CCOC1CC(N)(C(=O)NCc2ccccc2Oc2ccccc2)C1(C)C.Cl. The van der Waals surface area contributed by atoms with Crippen LogP contribution in [0.15, 0.2) is 54.6 Å². The molecule has 1 aliphatic rings. The molecule has 2 atom stereocenters. The van der Waals surface area contributed by atoms with Crippen molar-refractivity contribution in [1.82, 2.24) is 5.32 Å². The highest BCUT2D eigenvalue weighted by Gasteiger charge is 2.62. The van der Waals surface area contributed by atoms with Crippen LogP contribution >= 0.6 is 12.4 Å². The fraction of sp³-hybridized carbons (Fsp3) is 0.409. The molecule has 3 rings (SSSR count). The molecular weight excluding hydrogens is 376 g/mol. The third kappa shape index (κ3) is 4.17. The number of hydrogen-bond donors (Lipinski definition) is 2. The van der Waals surface area contributed by atoms with E-state index in [2.05, 4.69) is 5.32 Å². The minimum atomic E-state index is -0.929. The van der Waals surface area contributed by atoms with Crippen LogP contribution in [0.25, 0.3) is 0 Å². The van der Waals surface area contributed by atoms with Gasteiger partial charge in [-0.1, -0.05) is 50.2 Å². The molecule has 0 aromatic heterocycles. The smallest absolute Gasteiger partial charge is 0.241 e. The number of nitrogens with two attached hydrogens (primary N) is 1. The number of benzene rings is 2. The number of amides is 1. The van der Waals surface area contributed by atoms with Gasteiger partial charge in [-0.2, -0.15) is 0 Å². The van der Waals surface area contributed by atoms with Crippen LogP contribution in [-0.2, 0) is 16.1 Å². The first-order valence-corrected chi connectivity index (χ1v) is 9.38. The topological polar surface area (TPSA) is 73.6 Å². The zero-order valence-electron chi connectivity index (χ0n) is 16.6. The van der Waals surface area contributed by atoms with E-state index >= 15 is 0 Å². The molecule has 2 aromatic carbocycles. The van der Waals surface area contributed by atoms with Crippen LogP contribution < -0.4 is 15.8 Å². The van der Waals surface area contributed by atoms with E-state index in [-0.39, 0.29) is 24.4 Å². The van der Waals surface area contributed by atoms with Crippen molar-refractivity contribution in [3.8, 4) is 11.5 Å². The zero-order chi connectivity index (χ0) is 19.5. The molecule has 1 amide bonds. The van der Waals surface area contributed by atoms with Gasteiger partial charge in [0.15, 0.2) is 0 Å². The molecule has 1 fully saturated rings. The fourth-order valence-corrected chi connectivity index (χ4v) is 3.52. The Morgan fingerprint density at radius 2 is 1.79 bits per heavy atom. The average molecular weight is 405 g/mol. The maximum atomic E-state index is 12.8. The molecule has 28 heavy (non-hydrogen) atoms. The largest absolute Gasteiger partial charge is 0.457 e. The lowest BCUT2D eigenvalue weighted by atomic mass is 9.54. The van der Waals surface area contributed by atoms with Gasteiger partial charge in [0, 0.05) is 30.6 Å². The van der Waals surface area contributed by atoms with Crippen LogP contribution in [0.1, 0.15) is 32.8 Å². The third-order valence-electron chi connectivity index (χ3n) is 5.62. The van der Waals surface area contributed by atoms with Gasteiger partial charge in [0.1, 0.15) is 17.0 Å². The lowest BCUT2D eigenvalue weighted by Crippen LogP contribution is -2.75. The monoisotopic (exact) mass is 404 g/mol. The summed E-state index contributed by atoms with van der Waals surface area (Å²) < 4.78 is 11.7. The maximum Gasteiger partial charge on any atom is 0.241 e. The highest BCUT2D eigenvalue weighted by Crippen LogP contribution is 2.49. The molecule has 0 radical (unpaired) electrons. The van der Waals surface area contributed by atoms with Crippen molar-refractivity contribution in [2.45, 2.75) is 45.4 Å². The quantitative estimate of drug-likeness (QED) is 0.730. The van der Waals surface area contributed by atoms with Gasteiger partial charge in [-0.05, 0) is 25.1 Å². The molecular formula is C22H29ClN2O3. The number of carbonyl (C=O) groups excluding carboxylic acids is 1. The van der Waals surface area contributed by atoms with Gasteiger partial charge in [0.25, 0.3) is 0 Å². The molecule has 0 spiro atoms. The van der Waals surface area contributed by atoms with Gasteiger partial charge in [0.05, 0.1) is 6.10 Å². The molecule has 0 aliphatic heterocycles. The summed E-state index contributed by atoms with van der Waals surface area (Å²) in [5, 5.41) is 2.99. The van der Waals surface area contributed by atoms with Gasteiger partial charge < -0.3 is 20.5 Å². The first kappa shape index (κ1) is 22.2. The van der Waals surface area contributed by atoms with E-state index in [1.165, 1.54) is 0 Å². The number of carbonyl (C=O) groups is 1. The molecule has 152 valence electrons. The third-order valence-corrected chi connectivity index (χ3v) is 5.62. The van der Waals surface area contributed by atoms with Crippen molar-refractivity contribution in [3.05, 3.63) is 60.2 Å². The standard InChI is InChI=1S/C22H28N2O3.ClH/c1-4-26-19-14-22(23,21(19,2)3)20(25)24-15-16-10-8-9-13-18(16)27-17-11-6-5-7-12-17;/h5-13,19H,4,14-15,23H2,1-3H3,(H,24,25);1H. The van der Waals surface area contributed by atoms with Crippen molar-refractivity contribution in [2.75, 3.05) is 6.61 Å². The van der Waals surface area contributed by atoms with E-state index in [4.69, 9.17) is 15.2 Å². The number of halogens is 1. The van der Waals surface area contributed by atoms with Crippen LogP contribution in [0.2, 0.25) is 0 Å². The van der Waals surface area contributed by atoms with E-state index < -0.39 is 11.0 Å². The Hall–Kier alpha value is -2.08. The van der Waals surface area contributed by atoms with Crippen molar-refractivity contribution in [3.63, 3.8) is 0 Å². The minimum absolute atomic E-state index is 0. The Bertz CT molecular complexity index is 797. The lowest BCUT2D eigenvalue weighted by molar-refractivity contribution is -0.170. The Balaban J connectivity index is 0.00000280. The molecule has 0 heterocycles. The first-order chi connectivity index (χ1) is 12.9. The highest BCUT2D eigenvalue weighted by atomic mass is 35.5. The number of rotatable bonds is 7. The van der Waals surface area contributed by atoms with Crippen molar-refractivity contribution < 1.29 is 14.3 Å². The summed E-state index contributed by atoms with van der Waals surface area (Å²) in [7, 11) is 0.